The second kappa shape index (κ2) is 7.00. The standard InChI is InChI=1S/C17H19F2N3O2/c1-22-7-6-15(16(22)11-4-5-13(18)14(19)9-11)21-17(23)20-10-12-3-2-8-24-12/h2-5,8-9,15-16H,6-7,10H2,1H3,(H2,20,21,23)/t15-,16-/m1/s1. The molecule has 0 aliphatic carbocycles. The maximum absolute atomic E-state index is 13.5. The van der Waals surface area contributed by atoms with E-state index in [9.17, 15) is 13.6 Å². The zero-order valence-corrected chi connectivity index (χ0v) is 13.3. The zero-order valence-electron chi connectivity index (χ0n) is 13.3. The predicted octanol–water partition coefficient (Wildman–Crippen LogP) is 2.80. The van der Waals surface area contributed by atoms with Crippen molar-refractivity contribution in [2.24, 2.45) is 0 Å². The molecular weight excluding hydrogens is 316 g/mol. The van der Waals surface area contributed by atoms with E-state index >= 15 is 0 Å². The van der Waals surface area contributed by atoms with E-state index in [1.807, 2.05) is 11.9 Å². The van der Waals surface area contributed by atoms with Gasteiger partial charge >= 0.3 is 6.03 Å². The summed E-state index contributed by atoms with van der Waals surface area (Å²) in [6, 6.07) is 6.68. The second-order valence-electron chi connectivity index (χ2n) is 5.90. The average molecular weight is 335 g/mol. The van der Waals surface area contributed by atoms with Gasteiger partial charge in [-0.1, -0.05) is 6.07 Å². The lowest BCUT2D eigenvalue weighted by Gasteiger charge is -2.26. The molecule has 2 heterocycles. The quantitative estimate of drug-likeness (QED) is 0.903. The molecule has 0 unspecified atom stereocenters. The molecule has 128 valence electrons. The predicted molar refractivity (Wildman–Crippen MR) is 84.2 cm³/mol. The molecule has 2 N–H and O–H groups in total. The van der Waals surface area contributed by atoms with Gasteiger partial charge in [-0.15, -0.1) is 0 Å². The van der Waals surface area contributed by atoms with Crippen molar-refractivity contribution in [2.45, 2.75) is 25.0 Å². The molecule has 1 aliphatic heterocycles. The van der Waals surface area contributed by atoms with Crippen molar-refractivity contribution in [3.8, 4) is 0 Å². The molecule has 0 bridgehead atoms. The Morgan fingerprint density at radius 3 is 2.88 bits per heavy atom. The molecular formula is C17H19F2N3O2. The maximum Gasteiger partial charge on any atom is 0.315 e. The minimum Gasteiger partial charge on any atom is -0.467 e. The van der Waals surface area contributed by atoms with Crippen molar-refractivity contribution in [3.63, 3.8) is 0 Å². The van der Waals surface area contributed by atoms with Gasteiger partial charge in [-0.05, 0) is 43.3 Å². The Bertz CT molecular complexity index is 706. The van der Waals surface area contributed by atoms with Gasteiger partial charge in [0.2, 0.25) is 0 Å². The van der Waals surface area contributed by atoms with Gasteiger partial charge < -0.3 is 15.1 Å². The van der Waals surface area contributed by atoms with Gasteiger partial charge in [-0.3, -0.25) is 4.90 Å². The third-order valence-corrected chi connectivity index (χ3v) is 4.25. The highest BCUT2D eigenvalue weighted by Crippen LogP contribution is 2.31. The van der Waals surface area contributed by atoms with Crippen LogP contribution in [0, 0.1) is 11.6 Å². The Balaban J connectivity index is 1.65. The lowest BCUT2D eigenvalue weighted by Crippen LogP contribution is -2.44. The van der Waals surface area contributed by atoms with E-state index in [-0.39, 0.29) is 24.7 Å². The van der Waals surface area contributed by atoms with Crippen LogP contribution in [0.5, 0.6) is 0 Å². The number of likely N-dealkylation sites (tertiary alicyclic amines) is 1. The Kier molecular flexibility index (Phi) is 4.80. The number of rotatable bonds is 4. The third-order valence-electron chi connectivity index (χ3n) is 4.25. The molecule has 2 amide bonds. The van der Waals surface area contributed by atoms with E-state index in [2.05, 4.69) is 10.6 Å². The van der Waals surface area contributed by atoms with Gasteiger partial charge in [-0.25, -0.2) is 13.6 Å². The van der Waals surface area contributed by atoms with Crippen LogP contribution in [-0.2, 0) is 6.54 Å². The summed E-state index contributed by atoms with van der Waals surface area (Å²) in [5.74, 6) is -1.10. The third kappa shape index (κ3) is 3.56. The van der Waals surface area contributed by atoms with Crippen molar-refractivity contribution in [1.29, 1.82) is 0 Å². The summed E-state index contributed by atoms with van der Waals surface area (Å²) >= 11 is 0. The molecule has 1 saturated heterocycles. The first-order chi connectivity index (χ1) is 11.5. The number of hydrogen-bond donors (Lipinski definition) is 2. The van der Waals surface area contributed by atoms with E-state index in [0.29, 0.717) is 11.3 Å². The van der Waals surface area contributed by atoms with Crippen LogP contribution in [0.1, 0.15) is 23.8 Å². The molecule has 1 aliphatic rings. The van der Waals surface area contributed by atoms with Crippen molar-refractivity contribution in [1.82, 2.24) is 15.5 Å². The number of carbonyl (C=O) groups is 1. The number of amides is 2. The number of likely N-dealkylation sites (N-methyl/N-ethyl adjacent to an activating group) is 1. The summed E-state index contributed by atoms with van der Waals surface area (Å²) in [4.78, 5) is 14.1. The molecule has 1 aromatic carbocycles. The first kappa shape index (κ1) is 16.4. The fraction of sp³-hybridized carbons (Fsp3) is 0.353. The summed E-state index contributed by atoms with van der Waals surface area (Å²) in [7, 11) is 1.90. The van der Waals surface area contributed by atoms with Crippen molar-refractivity contribution in [3.05, 3.63) is 59.6 Å². The van der Waals surface area contributed by atoms with Gasteiger partial charge in [0.25, 0.3) is 0 Å². The van der Waals surface area contributed by atoms with Crippen LogP contribution in [0.3, 0.4) is 0 Å². The minimum absolute atomic E-state index is 0.184. The first-order valence-electron chi connectivity index (χ1n) is 7.76. The lowest BCUT2D eigenvalue weighted by atomic mass is 10.00. The number of halogens is 2. The van der Waals surface area contributed by atoms with Gasteiger partial charge in [-0.2, -0.15) is 0 Å². The van der Waals surface area contributed by atoms with E-state index < -0.39 is 11.6 Å². The zero-order chi connectivity index (χ0) is 17.1. The molecule has 2 aromatic rings. The molecule has 1 aromatic heterocycles. The summed E-state index contributed by atoms with van der Waals surface area (Å²) in [5, 5.41) is 5.63. The first-order valence-corrected chi connectivity index (χ1v) is 7.76. The molecule has 0 radical (unpaired) electrons. The number of hydrogen-bond acceptors (Lipinski definition) is 3. The number of furan rings is 1. The molecule has 0 spiro atoms. The number of urea groups is 1. The molecule has 7 heteroatoms. The Hall–Kier alpha value is -2.41. The van der Waals surface area contributed by atoms with Crippen LogP contribution in [0.15, 0.2) is 41.0 Å². The highest BCUT2D eigenvalue weighted by Gasteiger charge is 2.34. The van der Waals surface area contributed by atoms with Gasteiger partial charge in [0, 0.05) is 6.54 Å². The average Bonchev–Trinajstić information content (AvgIpc) is 3.18. The smallest absolute Gasteiger partial charge is 0.315 e. The van der Waals surface area contributed by atoms with E-state index in [1.165, 1.54) is 6.07 Å². The number of nitrogens with one attached hydrogen (secondary N) is 2. The molecule has 2 atom stereocenters. The van der Waals surface area contributed by atoms with E-state index in [0.717, 1.165) is 19.0 Å². The van der Waals surface area contributed by atoms with Crippen LogP contribution < -0.4 is 10.6 Å². The fourth-order valence-electron chi connectivity index (χ4n) is 3.08. The maximum atomic E-state index is 13.5. The van der Waals surface area contributed by atoms with Crippen LogP contribution in [0.4, 0.5) is 13.6 Å². The Morgan fingerprint density at radius 2 is 2.17 bits per heavy atom. The topological polar surface area (TPSA) is 57.5 Å². The number of benzene rings is 1. The van der Waals surface area contributed by atoms with Crippen molar-refractivity contribution in [2.75, 3.05) is 13.6 Å². The van der Waals surface area contributed by atoms with Gasteiger partial charge in [0.1, 0.15) is 5.76 Å². The van der Waals surface area contributed by atoms with Crippen molar-refractivity contribution >= 4 is 6.03 Å². The summed E-state index contributed by atoms with van der Waals surface area (Å²) in [6.45, 7) is 1.05. The largest absolute Gasteiger partial charge is 0.467 e. The molecule has 3 rings (SSSR count). The number of nitrogens with zero attached hydrogens (tertiary/aromatic N) is 1. The highest BCUT2D eigenvalue weighted by molar-refractivity contribution is 5.74. The Labute approximate surface area is 138 Å². The minimum atomic E-state index is -0.881. The van der Waals surface area contributed by atoms with Crippen LogP contribution in [-0.4, -0.2) is 30.6 Å². The Morgan fingerprint density at radius 1 is 1.33 bits per heavy atom. The summed E-state index contributed by atoms with van der Waals surface area (Å²) in [6.07, 6.45) is 2.27. The van der Waals surface area contributed by atoms with E-state index in [4.69, 9.17) is 4.42 Å². The lowest BCUT2D eigenvalue weighted by molar-refractivity contribution is 0.228. The molecule has 0 saturated carbocycles. The monoisotopic (exact) mass is 335 g/mol. The van der Waals surface area contributed by atoms with Crippen molar-refractivity contribution < 1.29 is 18.0 Å². The normalized spacial score (nSPS) is 21.0. The fourth-order valence-corrected chi connectivity index (χ4v) is 3.08. The van der Waals surface area contributed by atoms with Crippen LogP contribution in [0.25, 0.3) is 0 Å². The molecule has 24 heavy (non-hydrogen) atoms. The second-order valence-corrected chi connectivity index (χ2v) is 5.90. The van der Waals surface area contributed by atoms with Crippen LogP contribution >= 0.6 is 0 Å². The van der Waals surface area contributed by atoms with Gasteiger partial charge in [0.15, 0.2) is 11.6 Å². The summed E-state index contributed by atoms with van der Waals surface area (Å²) < 4.78 is 31.8. The summed E-state index contributed by atoms with van der Waals surface area (Å²) in [5.41, 5.74) is 0.644. The SMILES string of the molecule is CN1CC[C@@H](NC(=O)NCc2ccco2)[C@H]1c1ccc(F)c(F)c1. The molecule has 1 fully saturated rings. The number of carbonyl (C=O) groups excluding carboxylic acids is 1. The molecule has 5 nitrogen and oxygen atoms in total. The highest BCUT2D eigenvalue weighted by atomic mass is 19.2. The van der Waals surface area contributed by atoms with Gasteiger partial charge in [0.05, 0.1) is 24.9 Å². The van der Waals surface area contributed by atoms with Crippen LogP contribution in [0.2, 0.25) is 0 Å². The van der Waals surface area contributed by atoms with E-state index in [1.54, 1.807) is 24.5 Å².